The molecule has 1 aromatic carbocycles. The first-order valence-corrected chi connectivity index (χ1v) is 5.20. The van der Waals surface area contributed by atoms with E-state index in [0.29, 0.717) is 0 Å². The molecule has 0 aliphatic carbocycles. The van der Waals surface area contributed by atoms with Crippen LogP contribution in [0.25, 0.3) is 0 Å². The average Bonchev–Trinajstić information content (AvgIpc) is 2.45. The molecule has 2 nitrogen and oxygen atoms in total. The predicted octanol–water partition coefficient (Wildman–Crippen LogP) is 1.58. The summed E-state index contributed by atoms with van der Waals surface area (Å²) in [7, 11) is 0. The average molecular weight is 196 g/mol. The molecule has 1 heterocycles. The molecule has 0 saturated heterocycles. The van der Waals surface area contributed by atoms with Gasteiger partial charge in [-0.1, -0.05) is 18.2 Å². The van der Waals surface area contributed by atoms with Crippen molar-refractivity contribution in [3.8, 4) is 0 Å². The van der Waals surface area contributed by atoms with Crippen molar-refractivity contribution in [2.45, 2.75) is 29.3 Å². The second-order valence-corrected chi connectivity index (χ2v) is 4.53. The molecule has 0 amide bonds. The fraction of sp³-hybridized carbons (Fsp3) is 0.400. The Morgan fingerprint density at radius 1 is 1.38 bits per heavy atom. The van der Waals surface area contributed by atoms with Crippen molar-refractivity contribution in [2.24, 2.45) is 0 Å². The molecule has 70 valence electrons. The summed E-state index contributed by atoms with van der Waals surface area (Å²) >= 11 is 1.55. The van der Waals surface area contributed by atoms with Crippen molar-refractivity contribution in [1.29, 1.82) is 0 Å². The SMILES string of the molecule is CC(O)C1Sc2ccccc2C1O. The number of hydrogen-bond donors (Lipinski definition) is 2. The Kier molecular flexibility index (Phi) is 2.32. The van der Waals surface area contributed by atoms with Gasteiger partial charge in [0.1, 0.15) is 0 Å². The Morgan fingerprint density at radius 2 is 2.08 bits per heavy atom. The van der Waals surface area contributed by atoms with Gasteiger partial charge in [-0.05, 0) is 18.6 Å². The van der Waals surface area contributed by atoms with Crippen molar-refractivity contribution < 1.29 is 10.2 Å². The predicted molar refractivity (Wildman–Crippen MR) is 52.7 cm³/mol. The summed E-state index contributed by atoms with van der Waals surface area (Å²) in [4.78, 5) is 1.08. The monoisotopic (exact) mass is 196 g/mol. The van der Waals surface area contributed by atoms with E-state index in [1.165, 1.54) is 0 Å². The van der Waals surface area contributed by atoms with Gasteiger partial charge in [-0.2, -0.15) is 0 Å². The quantitative estimate of drug-likeness (QED) is 0.716. The molecule has 0 fully saturated rings. The topological polar surface area (TPSA) is 40.5 Å². The maximum absolute atomic E-state index is 9.83. The van der Waals surface area contributed by atoms with Crippen LogP contribution in [0.3, 0.4) is 0 Å². The maximum Gasteiger partial charge on any atom is 0.0947 e. The summed E-state index contributed by atoms with van der Waals surface area (Å²) in [6.45, 7) is 1.72. The smallest absolute Gasteiger partial charge is 0.0947 e. The van der Waals surface area contributed by atoms with Gasteiger partial charge in [-0.3, -0.25) is 0 Å². The zero-order chi connectivity index (χ0) is 9.42. The number of fused-ring (bicyclic) bond motifs is 1. The lowest BCUT2D eigenvalue weighted by Gasteiger charge is -2.16. The molecule has 1 aromatic rings. The van der Waals surface area contributed by atoms with Gasteiger partial charge >= 0.3 is 0 Å². The van der Waals surface area contributed by atoms with Crippen LogP contribution in [0.2, 0.25) is 0 Å². The van der Waals surface area contributed by atoms with Crippen molar-refractivity contribution in [3.63, 3.8) is 0 Å². The van der Waals surface area contributed by atoms with E-state index < -0.39 is 12.2 Å². The third-order valence-electron chi connectivity index (χ3n) is 2.29. The first-order valence-electron chi connectivity index (χ1n) is 4.32. The Morgan fingerprint density at radius 3 is 2.69 bits per heavy atom. The molecule has 2 N–H and O–H groups in total. The van der Waals surface area contributed by atoms with Crippen LogP contribution in [0, 0.1) is 0 Å². The van der Waals surface area contributed by atoms with Crippen molar-refractivity contribution in [2.75, 3.05) is 0 Å². The van der Waals surface area contributed by atoms with E-state index in [2.05, 4.69) is 0 Å². The second-order valence-electron chi connectivity index (χ2n) is 3.31. The van der Waals surface area contributed by atoms with Crippen LogP contribution < -0.4 is 0 Å². The minimum Gasteiger partial charge on any atom is -0.392 e. The van der Waals surface area contributed by atoms with Crippen LogP contribution in [0.1, 0.15) is 18.6 Å². The van der Waals surface area contributed by atoms with Crippen molar-refractivity contribution >= 4 is 11.8 Å². The fourth-order valence-electron chi connectivity index (χ4n) is 1.58. The standard InChI is InChI=1S/C10H12O2S/c1-6(11)10-9(12)7-4-2-3-5-8(7)13-10/h2-6,9-12H,1H3. The zero-order valence-electron chi connectivity index (χ0n) is 7.34. The van der Waals surface area contributed by atoms with Gasteiger partial charge in [-0.25, -0.2) is 0 Å². The molecule has 2 rings (SSSR count). The summed E-state index contributed by atoms with van der Waals surface area (Å²) < 4.78 is 0. The van der Waals surface area contributed by atoms with Gasteiger partial charge in [-0.15, -0.1) is 11.8 Å². The van der Waals surface area contributed by atoms with Crippen LogP contribution in [0.4, 0.5) is 0 Å². The molecule has 1 aliphatic heterocycles. The van der Waals surface area contributed by atoms with Crippen LogP contribution in [0.5, 0.6) is 0 Å². The van der Waals surface area contributed by atoms with Gasteiger partial charge in [0.05, 0.1) is 17.5 Å². The van der Waals surface area contributed by atoms with Crippen LogP contribution >= 0.6 is 11.8 Å². The van der Waals surface area contributed by atoms with Gasteiger partial charge < -0.3 is 10.2 Å². The van der Waals surface area contributed by atoms with E-state index in [9.17, 15) is 10.2 Å². The Bertz CT molecular complexity index is 312. The van der Waals surface area contributed by atoms with E-state index in [-0.39, 0.29) is 5.25 Å². The van der Waals surface area contributed by atoms with E-state index in [4.69, 9.17) is 0 Å². The number of benzene rings is 1. The number of rotatable bonds is 1. The number of hydrogen-bond acceptors (Lipinski definition) is 3. The molecule has 13 heavy (non-hydrogen) atoms. The van der Waals surface area contributed by atoms with Gasteiger partial charge in [0.25, 0.3) is 0 Å². The lowest BCUT2D eigenvalue weighted by molar-refractivity contribution is 0.102. The van der Waals surface area contributed by atoms with E-state index in [1.54, 1.807) is 18.7 Å². The Hall–Kier alpha value is -0.510. The highest BCUT2D eigenvalue weighted by atomic mass is 32.2. The Balaban J connectivity index is 2.32. The van der Waals surface area contributed by atoms with Crippen molar-refractivity contribution in [3.05, 3.63) is 29.8 Å². The normalized spacial score (nSPS) is 28.5. The first-order chi connectivity index (χ1) is 6.20. The Labute approximate surface area is 81.6 Å². The summed E-state index contributed by atoms with van der Waals surface area (Å²) in [6.07, 6.45) is -1.01. The van der Waals surface area contributed by atoms with Gasteiger partial charge in [0.2, 0.25) is 0 Å². The first kappa shape index (κ1) is 9.06. The van der Waals surface area contributed by atoms with E-state index >= 15 is 0 Å². The summed E-state index contributed by atoms with van der Waals surface area (Å²) in [5.41, 5.74) is 0.943. The molecule has 0 spiro atoms. The molecule has 3 atom stereocenters. The molecule has 0 bridgehead atoms. The molecular formula is C10H12O2S. The van der Waals surface area contributed by atoms with Gasteiger partial charge in [0, 0.05) is 4.90 Å². The molecule has 1 aliphatic rings. The lowest BCUT2D eigenvalue weighted by Crippen LogP contribution is -2.22. The molecule has 0 saturated carbocycles. The second kappa shape index (κ2) is 3.33. The lowest BCUT2D eigenvalue weighted by atomic mass is 10.0. The van der Waals surface area contributed by atoms with E-state index in [1.807, 2.05) is 24.3 Å². The largest absolute Gasteiger partial charge is 0.392 e. The van der Waals surface area contributed by atoms with E-state index in [0.717, 1.165) is 10.5 Å². The number of aliphatic hydroxyl groups excluding tert-OH is 2. The molecule has 0 radical (unpaired) electrons. The summed E-state index contributed by atoms with van der Waals surface area (Å²) in [6, 6.07) is 7.75. The van der Waals surface area contributed by atoms with Crippen molar-refractivity contribution in [1.82, 2.24) is 0 Å². The zero-order valence-corrected chi connectivity index (χ0v) is 8.16. The number of aliphatic hydroxyl groups is 2. The minimum absolute atomic E-state index is 0.114. The van der Waals surface area contributed by atoms with Crippen LogP contribution in [0.15, 0.2) is 29.2 Å². The summed E-state index contributed by atoms with van der Waals surface area (Å²) in [5, 5.41) is 19.1. The molecule has 3 unspecified atom stereocenters. The van der Waals surface area contributed by atoms with Crippen LogP contribution in [-0.4, -0.2) is 21.6 Å². The number of thioether (sulfide) groups is 1. The molecular weight excluding hydrogens is 184 g/mol. The third-order valence-corrected chi connectivity index (χ3v) is 3.84. The highest BCUT2D eigenvalue weighted by Crippen LogP contribution is 2.45. The maximum atomic E-state index is 9.83. The minimum atomic E-state index is -0.527. The fourth-order valence-corrected chi connectivity index (χ4v) is 2.83. The highest BCUT2D eigenvalue weighted by molar-refractivity contribution is 8.00. The third kappa shape index (κ3) is 1.47. The van der Waals surface area contributed by atoms with Gasteiger partial charge in [0.15, 0.2) is 0 Å². The molecule has 0 aromatic heterocycles. The van der Waals surface area contributed by atoms with Crippen LogP contribution in [-0.2, 0) is 0 Å². The molecule has 3 heteroatoms. The summed E-state index contributed by atoms with van der Waals surface area (Å²) in [5.74, 6) is 0. The highest BCUT2D eigenvalue weighted by Gasteiger charge is 2.34.